The van der Waals surface area contributed by atoms with Crippen molar-refractivity contribution in [2.24, 2.45) is 5.16 Å². The van der Waals surface area contributed by atoms with Gasteiger partial charge in [-0.25, -0.2) is 4.39 Å². The minimum Gasteiger partial charge on any atom is -0.411 e. The SMILES string of the molecule is Cc1ncc(CO)c(/C=N/O)c1F. The molecule has 4 nitrogen and oxygen atoms in total. The van der Waals surface area contributed by atoms with Crippen LogP contribution in [0.2, 0.25) is 0 Å². The lowest BCUT2D eigenvalue weighted by Gasteiger charge is -2.04. The van der Waals surface area contributed by atoms with Crippen molar-refractivity contribution in [2.75, 3.05) is 0 Å². The molecule has 0 radical (unpaired) electrons. The minimum absolute atomic E-state index is 0.0671. The predicted octanol–water partition coefficient (Wildman–Crippen LogP) is 0.830. The molecule has 0 aliphatic heterocycles. The van der Waals surface area contributed by atoms with Crippen molar-refractivity contribution in [1.82, 2.24) is 4.98 Å². The second-order valence-corrected chi connectivity index (χ2v) is 2.50. The van der Waals surface area contributed by atoms with E-state index in [-0.39, 0.29) is 17.9 Å². The number of pyridine rings is 1. The number of aromatic nitrogens is 1. The molecule has 0 unspecified atom stereocenters. The third-order valence-corrected chi connectivity index (χ3v) is 1.67. The first-order valence-electron chi connectivity index (χ1n) is 3.63. The molecule has 0 bridgehead atoms. The predicted molar refractivity (Wildman–Crippen MR) is 44.2 cm³/mol. The molecule has 0 fully saturated rings. The first-order valence-corrected chi connectivity index (χ1v) is 3.63. The maximum Gasteiger partial charge on any atom is 0.153 e. The second-order valence-electron chi connectivity index (χ2n) is 2.50. The normalized spacial score (nSPS) is 11.0. The molecule has 70 valence electrons. The van der Waals surface area contributed by atoms with Gasteiger partial charge >= 0.3 is 0 Å². The minimum atomic E-state index is -0.579. The Bertz CT molecular complexity index is 339. The Morgan fingerprint density at radius 1 is 1.69 bits per heavy atom. The largest absolute Gasteiger partial charge is 0.411 e. The zero-order valence-corrected chi connectivity index (χ0v) is 7.03. The lowest BCUT2D eigenvalue weighted by atomic mass is 10.1. The summed E-state index contributed by atoms with van der Waals surface area (Å²) in [5, 5.41) is 19.8. The molecule has 0 aliphatic rings. The van der Waals surface area contributed by atoms with E-state index in [0.29, 0.717) is 5.56 Å². The number of halogens is 1. The zero-order valence-electron chi connectivity index (χ0n) is 7.03. The van der Waals surface area contributed by atoms with E-state index < -0.39 is 5.82 Å². The maximum atomic E-state index is 13.3. The van der Waals surface area contributed by atoms with Crippen molar-refractivity contribution in [3.05, 3.63) is 28.8 Å². The van der Waals surface area contributed by atoms with Crippen LogP contribution in [-0.4, -0.2) is 21.5 Å². The maximum absolute atomic E-state index is 13.3. The first kappa shape index (κ1) is 9.60. The van der Waals surface area contributed by atoms with Crippen LogP contribution >= 0.6 is 0 Å². The molecular formula is C8H9FN2O2. The molecule has 13 heavy (non-hydrogen) atoms. The fourth-order valence-corrected chi connectivity index (χ4v) is 0.960. The smallest absolute Gasteiger partial charge is 0.153 e. The average molecular weight is 184 g/mol. The highest BCUT2D eigenvalue weighted by molar-refractivity contribution is 5.81. The lowest BCUT2D eigenvalue weighted by molar-refractivity contribution is 0.280. The van der Waals surface area contributed by atoms with Crippen molar-refractivity contribution in [3.8, 4) is 0 Å². The average Bonchev–Trinajstić information content (AvgIpc) is 2.14. The molecule has 1 heterocycles. The summed E-state index contributed by atoms with van der Waals surface area (Å²) in [4.78, 5) is 3.71. The Morgan fingerprint density at radius 2 is 2.38 bits per heavy atom. The van der Waals surface area contributed by atoms with Crippen LogP contribution < -0.4 is 0 Å². The van der Waals surface area contributed by atoms with Gasteiger partial charge in [0.25, 0.3) is 0 Å². The van der Waals surface area contributed by atoms with E-state index in [4.69, 9.17) is 10.3 Å². The number of aliphatic hydroxyl groups is 1. The third kappa shape index (κ3) is 1.81. The van der Waals surface area contributed by atoms with Gasteiger partial charge in [0.2, 0.25) is 0 Å². The van der Waals surface area contributed by atoms with Gasteiger partial charge in [-0.15, -0.1) is 0 Å². The van der Waals surface area contributed by atoms with Crippen LogP contribution in [0.1, 0.15) is 16.8 Å². The van der Waals surface area contributed by atoms with Crippen molar-refractivity contribution in [2.45, 2.75) is 13.5 Å². The summed E-state index contributed by atoms with van der Waals surface area (Å²) < 4.78 is 13.3. The van der Waals surface area contributed by atoms with E-state index >= 15 is 0 Å². The van der Waals surface area contributed by atoms with Gasteiger partial charge in [0.15, 0.2) is 5.82 Å². The van der Waals surface area contributed by atoms with Crippen LogP contribution in [0, 0.1) is 12.7 Å². The van der Waals surface area contributed by atoms with Crippen LogP contribution in [0.15, 0.2) is 11.4 Å². The van der Waals surface area contributed by atoms with Gasteiger partial charge in [0.05, 0.1) is 18.5 Å². The quantitative estimate of drug-likeness (QED) is 0.406. The Hall–Kier alpha value is -1.49. The fourth-order valence-electron chi connectivity index (χ4n) is 0.960. The molecule has 0 saturated carbocycles. The summed E-state index contributed by atoms with van der Waals surface area (Å²) in [5.74, 6) is -0.579. The van der Waals surface area contributed by atoms with Gasteiger partial charge in [-0.2, -0.15) is 0 Å². The third-order valence-electron chi connectivity index (χ3n) is 1.67. The molecule has 1 aromatic heterocycles. The topological polar surface area (TPSA) is 65.7 Å². The number of rotatable bonds is 2. The highest BCUT2D eigenvalue weighted by atomic mass is 19.1. The molecular weight excluding hydrogens is 175 g/mol. The van der Waals surface area contributed by atoms with Crippen LogP contribution in [0.5, 0.6) is 0 Å². The van der Waals surface area contributed by atoms with Crippen molar-refractivity contribution < 1.29 is 14.7 Å². The molecule has 2 N–H and O–H groups in total. The van der Waals surface area contributed by atoms with E-state index in [1.165, 1.54) is 13.1 Å². The van der Waals surface area contributed by atoms with E-state index in [2.05, 4.69) is 10.1 Å². The molecule has 0 saturated heterocycles. The van der Waals surface area contributed by atoms with Gasteiger partial charge < -0.3 is 10.3 Å². The number of hydrogen-bond donors (Lipinski definition) is 2. The van der Waals surface area contributed by atoms with Gasteiger partial charge in [0.1, 0.15) is 0 Å². The Labute approximate surface area is 74.3 Å². The lowest BCUT2D eigenvalue weighted by Crippen LogP contribution is -2.02. The molecule has 0 spiro atoms. The standard InChI is InChI=1S/C8H9FN2O2/c1-5-8(9)7(3-11-13)6(4-12)2-10-5/h2-3,12-13H,4H2,1H3/b11-3+. The van der Waals surface area contributed by atoms with Gasteiger partial charge in [-0.3, -0.25) is 4.98 Å². The molecule has 1 aromatic rings. The van der Waals surface area contributed by atoms with Gasteiger partial charge in [-0.05, 0) is 6.92 Å². The van der Waals surface area contributed by atoms with Gasteiger partial charge in [-0.1, -0.05) is 5.16 Å². The Balaban J connectivity index is 3.32. The monoisotopic (exact) mass is 184 g/mol. The highest BCUT2D eigenvalue weighted by Gasteiger charge is 2.09. The summed E-state index contributed by atoms with van der Waals surface area (Å²) >= 11 is 0. The number of nitrogens with zero attached hydrogens (tertiary/aromatic N) is 2. The van der Waals surface area contributed by atoms with E-state index in [0.717, 1.165) is 6.21 Å². The Kier molecular flexibility index (Phi) is 2.92. The van der Waals surface area contributed by atoms with Crippen molar-refractivity contribution >= 4 is 6.21 Å². The van der Waals surface area contributed by atoms with Crippen molar-refractivity contribution in [3.63, 3.8) is 0 Å². The summed E-state index contributed by atoms with van der Waals surface area (Å²) in [6.45, 7) is 1.15. The van der Waals surface area contributed by atoms with Crippen LogP contribution in [0.3, 0.4) is 0 Å². The number of aliphatic hydroxyl groups excluding tert-OH is 1. The second kappa shape index (κ2) is 3.95. The number of hydrogen-bond acceptors (Lipinski definition) is 4. The summed E-state index contributed by atoms with van der Waals surface area (Å²) in [7, 11) is 0. The summed E-state index contributed by atoms with van der Waals surface area (Å²) in [6.07, 6.45) is 2.28. The molecule has 1 rings (SSSR count). The van der Waals surface area contributed by atoms with E-state index in [9.17, 15) is 4.39 Å². The Morgan fingerprint density at radius 3 is 2.92 bits per heavy atom. The zero-order chi connectivity index (χ0) is 9.84. The summed E-state index contributed by atoms with van der Waals surface area (Å²) in [5.41, 5.74) is 0.561. The molecule has 0 amide bonds. The van der Waals surface area contributed by atoms with Crippen LogP contribution in [0.4, 0.5) is 4.39 Å². The van der Waals surface area contributed by atoms with Gasteiger partial charge in [0, 0.05) is 17.3 Å². The van der Waals surface area contributed by atoms with Crippen LogP contribution in [0.25, 0.3) is 0 Å². The molecule has 0 aliphatic carbocycles. The number of aryl methyl sites for hydroxylation is 1. The molecule has 5 heteroatoms. The fraction of sp³-hybridized carbons (Fsp3) is 0.250. The molecule has 0 atom stereocenters. The number of oxime groups is 1. The van der Waals surface area contributed by atoms with E-state index in [1.54, 1.807) is 0 Å². The van der Waals surface area contributed by atoms with Crippen LogP contribution in [-0.2, 0) is 6.61 Å². The first-order chi connectivity index (χ1) is 6.20. The molecule has 0 aromatic carbocycles. The van der Waals surface area contributed by atoms with Crippen molar-refractivity contribution in [1.29, 1.82) is 0 Å². The van der Waals surface area contributed by atoms with E-state index in [1.807, 2.05) is 0 Å². The highest BCUT2D eigenvalue weighted by Crippen LogP contribution is 2.13. The summed E-state index contributed by atoms with van der Waals surface area (Å²) in [6, 6.07) is 0.